The zero-order valence-corrected chi connectivity index (χ0v) is 11.9. The topological polar surface area (TPSA) is 42.2 Å². The molecule has 4 nitrogen and oxygen atoms in total. The van der Waals surface area contributed by atoms with Gasteiger partial charge in [-0.2, -0.15) is 0 Å². The van der Waals surface area contributed by atoms with Gasteiger partial charge in [0.1, 0.15) is 11.6 Å². The highest BCUT2D eigenvalue weighted by Gasteiger charge is 2.24. The van der Waals surface area contributed by atoms with Crippen LogP contribution in [-0.4, -0.2) is 28.2 Å². The summed E-state index contributed by atoms with van der Waals surface area (Å²) in [5.74, 6) is 0.554. The van der Waals surface area contributed by atoms with E-state index in [4.69, 9.17) is 4.42 Å². The highest BCUT2D eigenvalue weighted by Crippen LogP contribution is 2.23. The molecule has 3 rings (SSSR count). The van der Waals surface area contributed by atoms with Crippen LogP contribution in [0.5, 0.6) is 0 Å². The summed E-state index contributed by atoms with van der Waals surface area (Å²) in [6, 6.07) is 3.72. The molecule has 1 fully saturated rings. The van der Waals surface area contributed by atoms with Crippen molar-refractivity contribution in [2.75, 3.05) is 13.1 Å². The lowest BCUT2D eigenvalue weighted by Gasteiger charge is -2.13. The molecule has 0 spiro atoms. The quantitative estimate of drug-likeness (QED) is 0.869. The molecule has 1 atom stereocenters. The molecule has 1 aliphatic rings. The van der Waals surface area contributed by atoms with Gasteiger partial charge in [-0.25, -0.2) is 8.78 Å². The van der Waals surface area contributed by atoms with Gasteiger partial charge >= 0.3 is 0 Å². The van der Waals surface area contributed by atoms with E-state index in [-0.39, 0.29) is 0 Å². The van der Waals surface area contributed by atoms with Crippen LogP contribution in [0, 0.1) is 24.5 Å². The van der Waals surface area contributed by atoms with Crippen molar-refractivity contribution in [3.63, 3.8) is 0 Å². The van der Waals surface area contributed by atoms with Crippen LogP contribution in [-0.2, 0) is 13.0 Å². The third-order valence-corrected chi connectivity index (χ3v) is 3.74. The number of nitrogens with zero attached hydrogens (tertiary/aromatic N) is 3. The van der Waals surface area contributed by atoms with Crippen LogP contribution >= 0.6 is 0 Å². The fraction of sp³-hybridized carbons (Fsp3) is 0.467. The summed E-state index contributed by atoms with van der Waals surface area (Å²) in [4.78, 5) is 2.23. The van der Waals surface area contributed by atoms with E-state index in [2.05, 4.69) is 15.1 Å². The SMILES string of the molecule is Cc1nnc(CN2CCC(Cc3cc(F)cc(F)c3)C2)o1. The number of aromatic nitrogens is 2. The number of benzene rings is 1. The minimum absolute atomic E-state index is 0.398. The average molecular weight is 293 g/mol. The van der Waals surface area contributed by atoms with Gasteiger partial charge in [0.15, 0.2) is 0 Å². The molecule has 0 aliphatic carbocycles. The first-order valence-corrected chi connectivity index (χ1v) is 7.05. The van der Waals surface area contributed by atoms with Crippen LogP contribution in [0.1, 0.15) is 23.8 Å². The molecule has 1 unspecified atom stereocenters. The summed E-state index contributed by atoms with van der Waals surface area (Å²) in [7, 11) is 0. The van der Waals surface area contributed by atoms with Gasteiger partial charge in [0, 0.05) is 19.5 Å². The summed E-state index contributed by atoms with van der Waals surface area (Å²) < 4.78 is 31.7. The summed E-state index contributed by atoms with van der Waals surface area (Å²) in [6.45, 7) is 4.21. The fourth-order valence-electron chi connectivity index (χ4n) is 2.88. The molecule has 0 amide bonds. The van der Waals surface area contributed by atoms with Gasteiger partial charge in [-0.3, -0.25) is 4.90 Å². The van der Waals surface area contributed by atoms with Crippen molar-refractivity contribution < 1.29 is 13.2 Å². The molecule has 0 radical (unpaired) electrons. The van der Waals surface area contributed by atoms with E-state index in [1.807, 2.05) is 0 Å². The van der Waals surface area contributed by atoms with Gasteiger partial charge in [-0.05, 0) is 43.0 Å². The van der Waals surface area contributed by atoms with Crippen molar-refractivity contribution >= 4 is 0 Å². The van der Waals surface area contributed by atoms with E-state index in [9.17, 15) is 8.78 Å². The van der Waals surface area contributed by atoms with E-state index in [0.29, 0.717) is 36.2 Å². The summed E-state index contributed by atoms with van der Waals surface area (Å²) in [5, 5.41) is 7.79. The van der Waals surface area contributed by atoms with Crippen molar-refractivity contribution in [1.29, 1.82) is 0 Å². The molecule has 112 valence electrons. The van der Waals surface area contributed by atoms with Gasteiger partial charge in [0.05, 0.1) is 6.54 Å². The maximum Gasteiger partial charge on any atom is 0.230 e. The Morgan fingerprint density at radius 1 is 1.24 bits per heavy atom. The normalized spacial score (nSPS) is 19.3. The number of halogens is 2. The first kappa shape index (κ1) is 14.1. The lowest BCUT2D eigenvalue weighted by atomic mass is 9.98. The highest BCUT2D eigenvalue weighted by molar-refractivity contribution is 5.18. The molecule has 21 heavy (non-hydrogen) atoms. The molecule has 0 saturated carbocycles. The van der Waals surface area contributed by atoms with Gasteiger partial charge in [0.25, 0.3) is 0 Å². The standard InChI is InChI=1S/C15H17F2N3O/c1-10-18-19-15(21-10)9-20-3-2-11(8-20)4-12-5-13(16)7-14(17)6-12/h5-7,11H,2-4,8-9H2,1H3. The Hall–Kier alpha value is -1.82. The predicted molar refractivity (Wildman–Crippen MR) is 72.5 cm³/mol. The van der Waals surface area contributed by atoms with Crippen molar-refractivity contribution in [2.24, 2.45) is 5.92 Å². The van der Waals surface area contributed by atoms with Crippen molar-refractivity contribution in [3.8, 4) is 0 Å². The van der Waals surface area contributed by atoms with Crippen LogP contribution in [0.25, 0.3) is 0 Å². The molecule has 0 N–H and O–H groups in total. The molecule has 2 aromatic rings. The smallest absolute Gasteiger partial charge is 0.230 e. The summed E-state index contributed by atoms with van der Waals surface area (Å²) in [5.41, 5.74) is 0.716. The third kappa shape index (κ3) is 3.64. The van der Waals surface area contributed by atoms with Crippen molar-refractivity contribution in [3.05, 3.63) is 47.2 Å². The maximum atomic E-state index is 13.2. The monoisotopic (exact) mass is 293 g/mol. The second-order valence-corrected chi connectivity index (χ2v) is 5.59. The van der Waals surface area contributed by atoms with Crippen molar-refractivity contribution in [2.45, 2.75) is 26.3 Å². The Bertz CT molecular complexity index is 609. The van der Waals surface area contributed by atoms with Crippen LogP contribution in [0.4, 0.5) is 8.78 Å². The lowest BCUT2D eigenvalue weighted by Crippen LogP contribution is -2.20. The number of aryl methyl sites for hydroxylation is 1. The molecule has 6 heteroatoms. The third-order valence-electron chi connectivity index (χ3n) is 3.74. The van der Waals surface area contributed by atoms with Crippen LogP contribution < -0.4 is 0 Å². The van der Waals surface area contributed by atoms with E-state index < -0.39 is 11.6 Å². The Morgan fingerprint density at radius 2 is 2.00 bits per heavy atom. The Balaban J connectivity index is 1.57. The Labute approximate surface area is 121 Å². The average Bonchev–Trinajstić information content (AvgIpc) is 2.98. The first-order chi connectivity index (χ1) is 10.1. The minimum atomic E-state index is -0.513. The number of hydrogen-bond acceptors (Lipinski definition) is 4. The van der Waals surface area contributed by atoms with E-state index in [1.54, 1.807) is 6.92 Å². The lowest BCUT2D eigenvalue weighted by molar-refractivity contribution is 0.277. The maximum absolute atomic E-state index is 13.2. The molecule has 1 saturated heterocycles. The second kappa shape index (κ2) is 5.89. The van der Waals surface area contributed by atoms with E-state index >= 15 is 0 Å². The minimum Gasteiger partial charge on any atom is -0.424 e. The molecule has 1 aromatic carbocycles. The zero-order valence-electron chi connectivity index (χ0n) is 11.9. The van der Waals surface area contributed by atoms with Gasteiger partial charge in [0.2, 0.25) is 11.8 Å². The van der Waals surface area contributed by atoms with Crippen molar-refractivity contribution in [1.82, 2.24) is 15.1 Å². The highest BCUT2D eigenvalue weighted by atomic mass is 19.1. The molecule has 2 heterocycles. The van der Waals surface area contributed by atoms with Gasteiger partial charge < -0.3 is 4.42 Å². The summed E-state index contributed by atoms with van der Waals surface area (Å²) in [6.07, 6.45) is 1.69. The molecule has 1 aliphatic heterocycles. The second-order valence-electron chi connectivity index (χ2n) is 5.59. The number of likely N-dealkylation sites (tertiary alicyclic amines) is 1. The van der Waals surface area contributed by atoms with Crippen LogP contribution in [0.2, 0.25) is 0 Å². The van der Waals surface area contributed by atoms with Crippen LogP contribution in [0.15, 0.2) is 22.6 Å². The Morgan fingerprint density at radius 3 is 2.67 bits per heavy atom. The number of rotatable bonds is 4. The Kier molecular flexibility index (Phi) is 3.96. The summed E-state index contributed by atoms with van der Waals surface area (Å²) >= 11 is 0. The zero-order chi connectivity index (χ0) is 14.8. The molecule has 0 bridgehead atoms. The van der Waals surface area contributed by atoms with E-state index in [1.165, 1.54) is 12.1 Å². The largest absolute Gasteiger partial charge is 0.424 e. The molecular formula is C15H17F2N3O. The van der Waals surface area contributed by atoms with E-state index in [0.717, 1.165) is 25.6 Å². The molecular weight excluding hydrogens is 276 g/mol. The predicted octanol–water partition coefficient (Wildman–Crippen LogP) is 2.72. The van der Waals surface area contributed by atoms with Crippen LogP contribution in [0.3, 0.4) is 0 Å². The fourth-order valence-corrected chi connectivity index (χ4v) is 2.88. The van der Waals surface area contributed by atoms with Gasteiger partial charge in [-0.15, -0.1) is 10.2 Å². The first-order valence-electron chi connectivity index (χ1n) is 7.05. The van der Waals surface area contributed by atoms with Gasteiger partial charge in [-0.1, -0.05) is 0 Å². The number of hydrogen-bond donors (Lipinski definition) is 0. The molecule has 1 aromatic heterocycles.